The van der Waals surface area contributed by atoms with Crippen molar-refractivity contribution in [3.05, 3.63) is 190 Å². The molecule has 0 radical (unpaired) electrons. The highest BCUT2D eigenvalue weighted by atomic mass is 15.2. The normalized spacial score (nSPS) is 17.5. The van der Waals surface area contributed by atoms with Gasteiger partial charge in [0.05, 0.1) is 17.1 Å². The number of benzene rings is 7. The lowest BCUT2D eigenvalue weighted by Gasteiger charge is -2.55. The summed E-state index contributed by atoms with van der Waals surface area (Å²) < 4.78 is 0. The summed E-state index contributed by atoms with van der Waals surface area (Å²) in [6.07, 6.45) is 0. The van der Waals surface area contributed by atoms with Crippen molar-refractivity contribution in [2.75, 3.05) is 9.80 Å². The van der Waals surface area contributed by atoms with Crippen LogP contribution in [-0.2, 0) is 21.7 Å². The van der Waals surface area contributed by atoms with Gasteiger partial charge in [0.25, 0.3) is 0 Å². The molecule has 0 spiro atoms. The van der Waals surface area contributed by atoms with Gasteiger partial charge in [-0.1, -0.05) is 152 Å². The number of fused-ring (bicyclic) bond motifs is 3. The Morgan fingerprint density at radius 2 is 0.750 bits per heavy atom. The second-order valence-electron chi connectivity index (χ2n) is 18.7. The van der Waals surface area contributed by atoms with Crippen LogP contribution in [0.25, 0.3) is 22.3 Å². The van der Waals surface area contributed by atoms with Crippen LogP contribution in [0.5, 0.6) is 0 Å². The van der Waals surface area contributed by atoms with Crippen LogP contribution in [0.2, 0.25) is 0 Å². The highest BCUT2D eigenvalue weighted by Gasteiger charge is 2.51. The van der Waals surface area contributed by atoms with E-state index in [1.807, 2.05) is 0 Å². The first-order valence-corrected chi connectivity index (χ1v) is 20.3. The molecule has 2 nitrogen and oxygen atoms in total. The van der Waals surface area contributed by atoms with E-state index in [-0.39, 0.29) is 21.7 Å². The molecule has 4 aliphatic rings. The van der Waals surface area contributed by atoms with Crippen LogP contribution in [0.3, 0.4) is 0 Å². The Kier molecular flexibility index (Phi) is 6.53. The van der Waals surface area contributed by atoms with E-state index in [1.54, 1.807) is 0 Å². The number of rotatable bonds is 4. The van der Waals surface area contributed by atoms with Gasteiger partial charge in [0.1, 0.15) is 0 Å². The average molecular weight is 725 g/mol. The van der Waals surface area contributed by atoms with Crippen LogP contribution in [-0.4, -0.2) is 0 Å². The van der Waals surface area contributed by atoms with Crippen LogP contribution < -0.4 is 9.80 Å². The van der Waals surface area contributed by atoms with E-state index >= 15 is 0 Å². The zero-order valence-corrected chi connectivity index (χ0v) is 33.8. The van der Waals surface area contributed by atoms with Gasteiger partial charge in [-0.2, -0.15) is 0 Å². The lowest BCUT2D eigenvalue weighted by Crippen LogP contribution is -2.43. The standard InChI is InChI=1S/C54H48N2/c1-51(2)40-19-13-12-18-38(40)39-29-28-37(32-45(39)51)55(35-16-10-9-11-17-35)36-26-24-33(25-27-36)34-30-46-50-47(31-34)54(7,8)44-23-15-21-42-49(44)56(50)48-41(52(42,3)4)20-14-22-43(48)53(46,5)6/h9-32H,1-8H3. The smallest absolute Gasteiger partial charge is 0.0544 e. The molecule has 274 valence electrons. The van der Waals surface area contributed by atoms with E-state index in [0.29, 0.717) is 0 Å². The second kappa shape index (κ2) is 10.9. The Bertz CT molecular complexity index is 2710. The first-order chi connectivity index (χ1) is 26.8. The predicted octanol–water partition coefficient (Wildman–Crippen LogP) is 14.5. The summed E-state index contributed by atoms with van der Waals surface area (Å²) in [4.78, 5) is 5.07. The molecule has 3 aliphatic heterocycles. The molecule has 0 N–H and O–H groups in total. The topological polar surface area (TPSA) is 6.48 Å². The Hall–Kier alpha value is -5.86. The van der Waals surface area contributed by atoms with Crippen LogP contribution in [0.4, 0.5) is 34.1 Å². The van der Waals surface area contributed by atoms with Gasteiger partial charge in [-0.25, -0.2) is 0 Å². The minimum atomic E-state index is -0.178. The van der Waals surface area contributed by atoms with E-state index in [9.17, 15) is 0 Å². The van der Waals surface area contributed by atoms with Gasteiger partial charge < -0.3 is 9.80 Å². The fourth-order valence-electron chi connectivity index (χ4n) is 11.0. The minimum Gasteiger partial charge on any atom is -0.310 e. The first-order valence-electron chi connectivity index (χ1n) is 20.3. The molecule has 0 aromatic heterocycles. The SMILES string of the molecule is CC1(C)c2ccccc2-c2ccc(N(c3ccccc3)c3ccc(-c4cc5c6c(c4)C(C)(C)c4cccc7c4N6c4c(cccc4C5(C)C)C7(C)C)cc3)cc21. The maximum atomic E-state index is 2.66. The summed E-state index contributed by atoms with van der Waals surface area (Å²) in [5.74, 6) is 0. The second-order valence-corrected chi connectivity index (χ2v) is 18.7. The number of anilines is 6. The summed E-state index contributed by atoms with van der Waals surface area (Å²) in [7, 11) is 0. The van der Waals surface area contributed by atoms with Crippen molar-refractivity contribution in [3.8, 4) is 22.3 Å². The molecular formula is C54H48N2. The van der Waals surface area contributed by atoms with Crippen molar-refractivity contribution in [1.82, 2.24) is 0 Å². The minimum absolute atomic E-state index is 0.0724. The number of nitrogens with zero attached hydrogens (tertiary/aromatic N) is 2. The summed E-state index contributed by atoms with van der Waals surface area (Å²) in [5.41, 5.74) is 23.5. The molecule has 0 atom stereocenters. The maximum absolute atomic E-state index is 2.66. The third-order valence-corrected chi connectivity index (χ3v) is 14.2. The zero-order valence-electron chi connectivity index (χ0n) is 33.8. The quantitative estimate of drug-likeness (QED) is 0.178. The predicted molar refractivity (Wildman–Crippen MR) is 235 cm³/mol. The van der Waals surface area contributed by atoms with Gasteiger partial charge in [-0.3, -0.25) is 0 Å². The molecule has 0 fully saturated rings. The first kappa shape index (κ1) is 33.5. The molecule has 7 aromatic rings. The van der Waals surface area contributed by atoms with Crippen LogP contribution in [0.1, 0.15) is 99.9 Å². The van der Waals surface area contributed by atoms with Crippen molar-refractivity contribution in [2.24, 2.45) is 0 Å². The van der Waals surface area contributed by atoms with Crippen molar-refractivity contribution in [3.63, 3.8) is 0 Å². The number of hydrogen-bond acceptors (Lipinski definition) is 2. The lowest BCUT2D eigenvalue weighted by molar-refractivity contribution is 0.567. The molecule has 56 heavy (non-hydrogen) atoms. The summed E-state index contributed by atoms with van der Waals surface area (Å²) >= 11 is 0. The molecule has 3 heterocycles. The fourth-order valence-corrected chi connectivity index (χ4v) is 11.0. The van der Waals surface area contributed by atoms with E-state index in [4.69, 9.17) is 0 Å². The maximum Gasteiger partial charge on any atom is 0.0544 e. The van der Waals surface area contributed by atoms with Gasteiger partial charge in [0.15, 0.2) is 0 Å². The Labute approximate surface area is 332 Å². The molecule has 0 unspecified atom stereocenters. The molecule has 7 aromatic carbocycles. The van der Waals surface area contributed by atoms with Gasteiger partial charge in [-0.05, 0) is 115 Å². The van der Waals surface area contributed by atoms with Crippen LogP contribution in [0.15, 0.2) is 146 Å². The number of para-hydroxylation sites is 3. The molecule has 0 saturated heterocycles. The third kappa shape index (κ3) is 4.17. The zero-order chi connectivity index (χ0) is 38.5. The fraction of sp³-hybridized carbons (Fsp3) is 0.222. The van der Waals surface area contributed by atoms with Gasteiger partial charge in [0, 0.05) is 38.7 Å². The van der Waals surface area contributed by atoms with E-state index in [0.717, 1.165) is 11.4 Å². The van der Waals surface area contributed by atoms with Crippen molar-refractivity contribution in [1.29, 1.82) is 0 Å². The number of hydrogen-bond donors (Lipinski definition) is 0. The van der Waals surface area contributed by atoms with E-state index < -0.39 is 0 Å². The van der Waals surface area contributed by atoms with Crippen LogP contribution >= 0.6 is 0 Å². The summed E-state index contributed by atoms with van der Waals surface area (Å²) in [5, 5.41) is 0. The molecule has 0 bridgehead atoms. The largest absolute Gasteiger partial charge is 0.310 e. The molecule has 2 heteroatoms. The van der Waals surface area contributed by atoms with Crippen LogP contribution in [0, 0.1) is 0 Å². The highest BCUT2D eigenvalue weighted by molar-refractivity contribution is 5.99. The van der Waals surface area contributed by atoms with Crippen molar-refractivity contribution in [2.45, 2.75) is 77.0 Å². The molecule has 1 aliphatic carbocycles. The molecule has 0 amide bonds. The monoisotopic (exact) mass is 724 g/mol. The van der Waals surface area contributed by atoms with Gasteiger partial charge >= 0.3 is 0 Å². The summed E-state index contributed by atoms with van der Waals surface area (Å²) in [6, 6.07) is 55.1. The van der Waals surface area contributed by atoms with E-state index in [2.05, 4.69) is 211 Å². The van der Waals surface area contributed by atoms with E-state index in [1.165, 1.54) is 89.5 Å². The van der Waals surface area contributed by atoms with Crippen molar-refractivity contribution < 1.29 is 0 Å². The molecule has 0 saturated carbocycles. The summed E-state index contributed by atoms with van der Waals surface area (Å²) in [6.45, 7) is 19.3. The van der Waals surface area contributed by atoms with Gasteiger partial charge in [0.2, 0.25) is 0 Å². The third-order valence-electron chi connectivity index (χ3n) is 14.2. The van der Waals surface area contributed by atoms with Crippen molar-refractivity contribution >= 4 is 34.1 Å². The highest BCUT2D eigenvalue weighted by Crippen LogP contribution is 2.66. The average Bonchev–Trinajstić information content (AvgIpc) is 3.43. The van der Waals surface area contributed by atoms with Gasteiger partial charge in [-0.15, -0.1) is 0 Å². The molecular weight excluding hydrogens is 677 g/mol. The Morgan fingerprint density at radius 1 is 0.321 bits per heavy atom. The Morgan fingerprint density at radius 3 is 1.34 bits per heavy atom. The molecule has 11 rings (SSSR count). The lowest BCUT2D eigenvalue weighted by atomic mass is 9.60. The Balaban J connectivity index is 1.06.